The predicted molar refractivity (Wildman–Crippen MR) is 103 cm³/mol. The second kappa shape index (κ2) is 5.72. The summed E-state index contributed by atoms with van der Waals surface area (Å²) in [6.07, 6.45) is 5.20. The van der Waals surface area contributed by atoms with Crippen LogP contribution < -0.4 is 21.7 Å². The summed E-state index contributed by atoms with van der Waals surface area (Å²) in [4.78, 5) is 23.2. The molecular formula is C19H26N6O. The number of rotatable bonds is 1. The van der Waals surface area contributed by atoms with Crippen molar-refractivity contribution < 1.29 is 4.79 Å². The number of nitrogens with one attached hydrogen (secondary N) is 1. The number of carbonyl (C=O) groups is 1. The zero-order chi connectivity index (χ0) is 18.5. The summed E-state index contributed by atoms with van der Waals surface area (Å²) in [5.41, 5.74) is 14.4. The van der Waals surface area contributed by atoms with Gasteiger partial charge in [-0.1, -0.05) is 12.5 Å². The highest BCUT2D eigenvalue weighted by atomic mass is 16.2. The van der Waals surface area contributed by atoms with Crippen molar-refractivity contribution in [1.82, 2.24) is 5.32 Å². The molecule has 7 heteroatoms. The number of fused-ring (bicyclic) bond motifs is 1. The highest BCUT2D eigenvalue weighted by Gasteiger charge is 2.43. The zero-order valence-corrected chi connectivity index (χ0v) is 15.4. The maximum absolute atomic E-state index is 12.2. The van der Waals surface area contributed by atoms with Crippen LogP contribution >= 0.6 is 0 Å². The number of nitrogens with two attached hydrogens (primary N) is 2. The van der Waals surface area contributed by atoms with Gasteiger partial charge in [0.1, 0.15) is 5.66 Å². The van der Waals surface area contributed by atoms with Crippen molar-refractivity contribution in [2.45, 2.75) is 63.6 Å². The Hall–Kier alpha value is -2.57. The summed E-state index contributed by atoms with van der Waals surface area (Å²) < 4.78 is 0. The maximum Gasteiger partial charge on any atom is 0.230 e. The van der Waals surface area contributed by atoms with Crippen LogP contribution in [0.25, 0.3) is 0 Å². The molecule has 0 saturated heterocycles. The Kier molecular flexibility index (Phi) is 3.71. The lowest BCUT2D eigenvalue weighted by Gasteiger charge is -2.46. The van der Waals surface area contributed by atoms with E-state index in [0.717, 1.165) is 42.5 Å². The molecule has 0 aromatic heterocycles. The fourth-order valence-electron chi connectivity index (χ4n) is 4.49. The highest BCUT2D eigenvalue weighted by molar-refractivity contribution is 6.05. The first-order valence-electron chi connectivity index (χ1n) is 9.25. The average molecular weight is 354 g/mol. The molecule has 0 bridgehead atoms. The summed E-state index contributed by atoms with van der Waals surface area (Å²) in [7, 11) is 0. The van der Waals surface area contributed by atoms with Gasteiger partial charge in [0.25, 0.3) is 0 Å². The molecule has 7 nitrogen and oxygen atoms in total. The zero-order valence-electron chi connectivity index (χ0n) is 15.4. The first kappa shape index (κ1) is 16.9. The molecule has 1 aromatic carbocycles. The van der Waals surface area contributed by atoms with E-state index in [2.05, 4.69) is 16.4 Å². The Morgan fingerprint density at radius 2 is 1.88 bits per heavy atom. The summed E-state index contributed by atoms with van der Waals surface area (Å²) in [6, 6.07) is 6.16. The molecule has 2 heterocycles. The molecular weight excluding hydrogens is 328 g/mol. The second-order valence-electron chi connectivity index (χ2n) is 7.97. The van der Waals surface area contributed by atoms with Gasteiger partial charge in [-0.2, -0.15) is 4.99 Å². The Bertz CT molecular complexity index is 819. The van der Waals surface area contributed by atoms with Crippen molar-refractivity contribution in [3.63, 3.8) is 0 Å². The van der Waals surface area contributed by atoms with Gasteiger partial charge in [0.15, 0.2) is 0 Å². The van der Waals surface area contributed by atoms with E-state index < -0.39 is 11.1 Å². The minimum Gasteiger partial charge on any atom is -0.369 e. The van der Waals surface area contributed by atoms with E-state index in [1.54, 1.807) is 0 Å². The van der Waals surface area contributed by atoms with Gasteiger partial charge in [0.05, 0.1) is 5.41 Å². The topological polar surface area (TPSA) is 109 Å². The molecule has 1 spiro atoms. The monoisotopic (exact) mass is 354 g/mol. The van der Waals surface area contributed by atoms with Crippen LogP contribution in [0.5, 0.6) is 0 Å². The first-order valence-corrected chi connectivity index (χ1v) is 9.25. The van der Waals surface area contributed by atoms with E-state index >= 15 is 0 Å². The van der Waals surface area contributed by atoms with E-state index in [9.17, 15) is 4.79 Å². The minimum atomic E-state index is -0.543. The van der Waals surface area contributed by atoms with E-state index in [1.807, 2.05) is 30.9 Å². The van der Waals surface area contributed by atoms with Gasteiger partial charge in [-0.25, -0.2) is 4.99 Å². The van der Waals surface area contributed by atoms with Gasteiger partial charge in [-0.15, -0.1) is 0 Å². The lowest BCUT2D eigenvalue weighted by atomic mass is 9.78. The SMILES string of the molecule is CC1(C)C(=O)NCc2cc(N3C(N)=NC(N)=NC34CCCCC4)ccc21. The van der Waals surface area contributed by atoms with Crippen molar-refractivity contribution >= 4 is 23.5 Å². The molecule has 1 aromatic rings. The van der Waals surface area contributed by atoms with E-state index in [-0.39, 0.29) is 11.9 Å². The summed E-state index contributed by atoms with van der Waals surface area (Å²) in [5.74, 6) is 0.698. The number of nitrogens with zero attached hydrogens (tertiary/aromatic N) is 3. The molecule has 5 N–H and O–H groups in total. The molecule has 4 rings (SSSR count). The van der Waals surface area contributed by atoms with Crippen LogP contribution in [0.15, 0.2) is 28.2 Å². The summed E-state index contributed by atoms with van der Waals surface area (Å²) >= 11 is 0. The number of aliphatic imine (C=N–C) groups is 2. The van der Waals surface area contributed by atoms with Crippen LogP contribution in [0.1, 0.15) is 57.1 Å². The Balaban J connectivity index is 1.79. The number of anilines is 1. The van der Waals surface area contributed by atoms with Crippen LogP contribution in [-0.2, 0) is 16.8 Å². The van der Waals surface area contributed by atoms with Crippen LogP contribution in [-0.4, -0.2) is 23.5 Å². The third kappa shape index (κ3) is 2.45. The van der Waals surface area contributed by atoms with E-state index in [1.165, 1.54) is 6.42 Å². The van der Waals surface area contributed by atoms with E-state index in [0.29, 0.717) is 12.5 Å². The fourth-order valence-corrected chi connectivity index (χ4v) is 4.49. The molecule has 1 amide bonds. The van der Waals surface area contributed by atoms with Crippen molar-refractivity contribution in [2.75, 3.05) is 4.90 Å². The van der Waals surface area contributed by atoms with Gasteiger partial charge < -0.3 is 16.8 Å². The fraction of sp³-hybridized carbons (Fsp3) is 0.526. The standard InChI is InChI=1S/C19H26N6O/c1-18(2)14-7-6-13(10-12(14)11-22-15(18)26)25-17(21)23-16(20)24-19(25)8-4-3-5-9-19/h6-7,10H,3-5,8-9,11H2,1-2H3,(H,22,26)(H4,20,21,23,24). The smallest absolute Gasteiger partial charge is 0.230 e. The molecule has 0 unspecified atom stereocenters. The number of carbonyl (C=O) groups excluding carboxylic acids is 1. The molecule has 1 fully saturated rings. The average Bonchev–Trinajstić information content (AvgIpc) is 2.58. The lowest BCUT2D eigenvalue weighted by Crippen LogP contribution is -2.58. The van der Waals surface area contributed by atoms with Crippen molar-refractivity contribution in [1.29, 1.82) is 0 Å². The quantitative estimate of drug-likeness (QED) is 0.713. The second-order valence-corrected chi connectivity index (χ2v) is 7.97. The van der Waals surface area contributed by atoms with Gasteiger partial charge >= 0.3 is 0 Å². The molecule has 1 saturated carbocycles. The van der Waals surface area contributed by atoms with Gasteiger partial charge in [-0.3, -0.25) is 9.69 Å². The first-order chi connectivity index (χ1) is 12.3. The van der Waals surface area contributed by atoms with Gasteiger partial charge in [0.2, 0.25) is 17.8 Å². The number of amides is 1. The van der Waals surface area contributed by atoms with Gasteiger partial charge in [0, 0.05) is 12.2 Å². The molecule has 0 radical (unpaired) electrons. The number of hydrogen-bond acceptors (Lipinski definition) is 6. The third-order valence-electron chi connectivity index (χ3n) is 5.88. The lowest BCUT2D eigenvalue weighted by molar-refractivity contribution is -0.126. The Morgan fingerprint density at radius 3 is 2.62 bits per heavy atom. The van der Waals surface area contributed by atoms with E-state index in [4.69, 9.17) is 16.5 Å². The van der Waals surface area contributed by atoms with Crippen LogP contribution in [0.2, 0.25) is 0 Å². The predicted octanol–water partition coefficient (Wildman–Crippen LogP) is 1.70. The third-order valence-corrected chi connectivity index (χ3v) is 5.88. The molecule has 1 aliphatic carbocycles. The molecule has 0 atom stereocenters. The van der Waals surface area contributed by atoms with Crippen molar-refractivity contribution in [2.24, 2.45) is 21.5 Å². The van der Waals surface area contributed by atoms with Gasteiger partial charge in [-0.05, 0) is 62.8 Å². The summed E-state index contributed by atoms with van der Waals surface area (Å²) in [5, 5.41) is 2.98. The Morgan fingerprint density at radius 1 is 1.15 bits per heavy atom. The molecule has 26 heavy (non-hydrogen) atoms. The molecule has 138 valence electrons. The number of hydrogen-bond donors (Lipinski definition) is 3. The highest BCUT2D eigenvalue weighted by Crippen LogP contribution is 2.41. The van der Waals surface area contributed by atoms with Crippen LogP contribution in [0.4, 0.5) is 5.69 Å². The minimum absolute atomic E-state index is 0.0536. The van der Waals surface area contributed by atoms with Crippen LogP contribution in [0.3, 0.4) is 0 Å². The van der Waals surface area contributed by atoms with Crippen molar-refractivity contribution in [3.05, 3.63) is 29.3 Å². The molecule has 3 aliphatic rings. The van der Waals surface area contributed by atoms with Crippen LogP contribution in [0, 0.1) is 0 Å². The molecule has 2 aliphatic heterocycles. The number of guanidine groups is 2. The normalized spacial score (nSPS) is 23.8. The Labute approximate surface area is 153 Å². The van der Waals surface area contributed by atoms with Crippen molar-refractivity contribution in [3.8, 4) is 0 Å². The number of benzene rings is 1. The maximum atomic E-state index is 12.2. The largest absolute Gasteiger partial charge is 0.369 e. The summed E-state index contributed by atoms with van der Waals surface area (Å²) in [6.45, 7) is 4.42.